The molecule has 108 valence electrons. The molecule has 0 aromatic heterocycles. The summed E-state index contributed by atoms with van der Waals surface area (Å²) in [5.41, 5.74) is 0.125. The Labute approximate surface area is 125 Å². The number of rotatable bonds is 2. The zero-order valence-electron chi connectivity index (χ0n) is 11.0. The number of hydrogen-bond acceptors (Lipinski definition) is 3. The minimum atomic E-state index is -1.00. The molecule has 2 unspecified atom stereocenters. The lowest BCUT2D eigenvalue weighted by Gasteiger charge is -2.36. The van der Waals surface area contributed by atoms with Crippen LogP contribution in [0.4, 0.5) is 0 Å². The molecular weight excluding hydrogens is 326 g/mol. The fourth-order valence-corrected chi connectivity index (χ4v) is 2.81. The Morgan fingerprint density at radius 2 is 2.10 bits per heavy atom. The van der Waals surface area contributed by atoms with Crippen molar-refractivity contribution in [3.63, 3.8) is 0 Å². The molecule has 5 nitrogen and oxygen atoms in total. The molecule has 1 aromatic rings. The highest BCUT2D eigenvalue weighted by atomic mass is 79.9. The molecule has 6 heteroatoms. The van der Waals surface area contributed by atoms with E-state index in [-0.39, 0.29) is 17.2 Å². The third-order valence-corrected chi connectivity index (χ3v) is 4.09. The summed E-state index contributed by atoms with van der Waals surface area (Å²) in [7, 11) is 0. The molecule has 1 aromatic carbocycles. The molecule has 1 fully saturated rings. The first-order valence-corrected chi connectivity index (χ1v) is 7.21. The molecule has 1 amide bonds. The Balaban J connectivity index is 2.31. The third kappa shape index (κ3) is 2.95. The van der Waals surface area contributed by atoms with Crippen molar-refractivity contribution in [3.05, 3.63) is 28.2 Å². The molecule has 2 N–H and O–H groups in total. The minimum Gasteiger partial charge on any atom is -0.507 e. The predicted molar refractivity (Wildman–Crippen MR) is 76.7 cm³/mol. The molecule has 1 aliphatic rings. The maximum atomic E-state index is 12.5. The number of amides is 1. The van der Waals surface area contributed by atoms with Gasteiger partial charge in [0.05, 0.1) is 5.56 Å². The summed E-state index contributed by atoms with van der Waals surface area (Å²) in [6.45, 7) is 2.37. The summed E-state index contributed by atoms with van der Waals surface area (Å²) in [4.78, 5) is 25.1. The van der Waals surface area contributed by atoms with E-state index in [0.717, 1.165) is 6.42 Å². The maximum absolute atomic E-state index is 12.5. The molecule has 0 aliphatic carbocycles. The summed E-state index contributed by atoms with van der Waals surface area (Å²) in [6, 6.07) is 3.72. The molecule has 0 radical (unpaired) electrons. The highest BCUT2D eigenvalue weighted by Crippen LogP contribution is 2.28. The fourth-order valence-electron chi connectivity index (χ4n) is 2.45. The first kappa shape index (κ1) is 14.8. The number of halogens is 1. The highest BCUT2D eigenvalue weighted by Gasteiger charge is 2.35. The van der Waals surface area contributed by atoms with Crippen LogP contribution in [0.1, 0.15) is 30.1 Å². The summed E-state index contributed by atoms with van der Waals surface area (Å²) in [6.07, 6.45) is 1.21. The number of piperidine rings is 1. The molecule has 1 heterocycles. The number of benzene rings is 1. The number of carbonyl (C=O) groups is 2. The van der Waals surface area contributed by atoms with Crippen LogP contribution in [0, 0.1) is 5.92 Å². The van der Waals surface area contributed by atoms with Crippen molar-refractivity contribution in [2.45, 2.75) is 25.8 Å². The Morgan fingerprint density at radius 1 is 1.40 bits per heavy atom. The van der Waals surface area contributed by atoms with Gasteiger partial charge in [-0.15, -0.1) is 0 Å². The second-order valence-electron chi connectivity index (χ2n) is 5.14. The lowest BCUT2D eigenvalue weighted by atomic mass is 9.92. The lowest BCUT2D eigenvalue weighted by molar-refractivity contribution is -0.144. The van der Waals surface area contributed by atoms with Gasteiger partial charge in [0.2, 0.25) is 0 Å². The molecule has 0 saturated carbocycles. The number of aliphatic carboxylic acids is 1. The SMILES string of the molecule is CC1CCN(C(=O)c2cc(Br)ccc2O)C(C(=O)O)C1. The van der Waals surface area contributed by atoms with E-state index in [1.165, 1.54) is 17.0 Å². The van der Waals surface area contributed by atoms with E-state index < -0.39 is 17.9 Å². The van der Waals surface area contributed by atoms with Gasteiger partial charge >= 0.3 is 5.97 Å². The van der Waals surface area contributed by atoms with E-state index in [2.05, 4.69) is 15.9 Å². The quantitative estimate of drug-likeness (QED) is 0.866. The Bertz CT molecular complexity index is 546. The van der Waals surface area contributed by atoms with E-state index in [1.54, 1.807) is 6.07 Å². The molecule has 1 saturated heterocycles. The van der Waals surface area contributed by atoms with Gasteiger partial charge in [0, 0.05) is 11.0 Å². The van der Waals surface area contributed by atoms with Crippen molar-refractivity contribution < 1.29 is 19.8 Å². The molecule has 1 aliphatic heterocycles. The van der Waals surface area contributed by atoms with Crippen LogP contribution < -0.4 is 0 Å². The van der Waals surface area contributed by atoms with Gasteiger partial charge in [-0.05, 0) is 37.0 Å². The second-order valence-corrected chi connectivity index (χ2v) is 6.06. The summed E-state index contributed by atoms with van der Waals surface area (Å²) in [5, 5.41) is 19.1. The number of aromatic hydroxyl groups is 1. The smallest absolute Gasteiger partial charge is 0.326 e. The van der Waals surface area contributed by atoms with Gasteiger partial charge in [0.1, 0.15) is 11.8 Å². The van der Waals surface area contributed by atoms with Crippen molar-refractivity contribution in [1.82, 2.24) is 4.90 Å². The van der Waals surface area contributed by atoms with Crippen LogP contribution in [-0.4, -0.2) is 39.6 Å². The minimum absolute atomic E-state index is 0.125. The monoisotopic (exact) mass is 341 g/mol. The summed E-state index contributed by atoms with van der Waals surface area (Å²) < 4.78 is 0.663. The van der Waals surface area contributed by atoms with E-state index in [4.69, 9.17) is 0 Å². The van der Waals surface area contributed by atoms with Crippen molar-refractivity contribution in [2.75, 3.05) is 6.54 Å². The van der Waals surface area contributed by atoms with Crippen LogP contribution in [0.25, 0.3) is 0 Å². The standard InChI is InChI=1S/C14H16BrNO4/c1-8-4-5-16(11(6-8)14(19)20)13(18)10-7-9(15)2-3-12(10)17/h2-3,7-8,11,17H,4-6H2,1H3,(H,19,20). The second kappa shape index (κ2) is 5.83. The lowest BCUT2D eigenvalue weighted by Crippen LogP contribution is -2.49. The summed E-state index contributed by atoms with van der Waals surface area (Å²) in [5.74, 6) is -1.31. The highest BCUT2D eigenvalue weighted by molar-refractivity contribution is 9.10. The van der Waals surface area contributed by atoms with Gasteiger partial charge in [0.25, 0.3) is 5.91 Å². The van der Waals surface area contributed by atoms with Crippen LogP contribution >= 0.6 is 15.9 Å². The number of phenols is 1. The first-order chi connectivity index (χ1) is 9.40. The van der Waals surface area contributed by atoms with Crippen LogP contribution in [0.3, 0.4) is 0 Å². The number of carboxylic acids is 1. The van der Waals surface area contributed by atoms with Crippen LogP contribution in [0.15, 0.2) is 22.7 Å². The zero-order chi connectivity index (χ0) is 14.9. The van der Waals surface area contributed by atoms with Crippen LogP contribution in [0.5, 0.6) is 5.75 Å². The van der Waals surface area contributed by atoms with Crippen molar-refractivity contribution in [1.29, 1.82) is 0 Å². The zero-order valence-corrected chi connectivity index (χ0v) is 12.6. The number of nitrogens with zero attached hydrogens (tertiary/aromatic N) is 1. The van der Waals surface area contributed by atoms with Crippen molar-refractivity contribution in [3.8, 4) is 5.75 Å². The average molecular weight is 342 g/mol. The van der Waals surface area contributed by atoms with Crippen LogP contribution in [0.2, 0.25) is 0 Å². The molecule has 0 spiro atoms. The Hall–Kier alpha value is -1.56. The van der Waals surface area contributed by atoms with E-state index in [1.807, 2.05) is 6.92 Å². The summed E-state index contributed by atoms with van der Waals surface area (Å²) >= 11 is 3.24. The third-order valence-electron chi connectivity index (χ3n) is 3.60. The molecular formula is C14H16BrNO4. The average Bonchev–Trinajstić information content (AvgIpc) is 2.40. The maximum Gasteiger partial charge on any atom is 0.326 e. The van der Waals surface area contributed by atoms with Gasteiger partial charge in [-0.25, -0.2) is 4.79 Å². The number of carboxylic acid groups (broad SMARTS) is 1. The van der Waals surface area contributed by atoms with E-state index in [9.17, 15) is 19.8 Å². The van der Waals surface area contributed by atoms with Gasteiger partial charge in [-0.1, -0.05) is 22.9 Å². The van der Waals surface area contributed by atoms with Crippen molar-refractivity contribution >= 4 is 27.8 Å². The normalized spacial score (nSPS) is 22.6. The van der Waals surface area contributed by atoms with Gasteiger partial charge in [-0.3, -0.25) is 4.79 Å². The molecule has 20 heavy (non-hydrogen) atoms. The Morgan fingerprint density at radius 3 is 2.75 bits per heavy atom. The topological polar surface area (TPSA) is 77.8 Å². The van der Waals surface area contributed by atoms with Gasteiger partial charge < -0.3 is 15.1 Å². The van der Waals surface area contributed by atoms with E-state index in [0.29, 0.717) is 17.4 Å². The first-order valence-electron chi connectivity index (χ1n) is 6.42. The number of hydrogen-bond donors (Lipinski definition) is 2. The molecule has 0 bridgehead atoms. The van der Waals surface area contributed by atoms with E-state index >= 15 is 0 Å². The fraction of sp³-hybridized carbons (Fsp3) is 0.429. The Kier molecular flexibility index (Phi) is 4.32. The number of carbonyl (C=O) groups excluding carboxylic acids is 1. The van der Waals surface area contributed by atoms with Gasteiger partial charge in [0.15, 0.2) is 0 Å². The predicted octanol–water partition coefficient (Wildman–Crippen LogP) is 2.48. The largest absolute Gasteiger partial charge is 0.507 e. The van der Waals surface area contributed by atoms with Gasteiger partial charge in [-0.2, -0.15) is 0 Å². The molecule has 2 atom stereocenters. The number of likely N-dealkylation sites (tertiary alicyclic amines) is 1. The van der Waals surface area contributed by atoms with Crippen LogP contribution in [-0.2, 0) is 4.79 Å². The number of phenolic OH excluding ortho intramolecular Hbond substituents is 1. The van der Waals surface area contributed by atoms with Crippen molar-refractivity contribution in [2.24, 2.45) is 5.92 Å². The molecule has 2 rings (SSSR count).